The zero-order valence-corrected chi connectivity index (χ0v) is 18.5. The molecule has 0 amide bonds. The molecule has 0 aliphatic rings. The van der Waals surface area contributed by atoms with Crippen LogP contribution in [0, 0.1) is 12.7 Å². The van der Waals surface area contributed by atoms with Gasteiger partial charge in [0.1, 0.15) is 11.6 Å². The molecule has 2 aromatic carbocycles. The lowest BCUT2D eigenvalue weighted by atomic mass is 10.1. The number of aromatic nitrogens is 6. The molecule has 0 bridgehead atoms. The first-order valence-corrected chi connectivity index (χ1v) is 11.4. The van der Waals surface area contributed by atoms with Gasteiger partial charge in [-0.25, -0.2) is 9.37 Å². The fourth-order valence-corrected chi connectivity index (χ4v) is 4.66. The summed E-state index contributed by atoms with van der Waals surface area (Å²) < 4.78 is 15.8. The third kappa shape index (κ3) is 4.45. The summed E-state index contributed by atoms with van der Waals surface area (Å²) in [4.78, 5) is 11.6. The van der Waals surface area contributed by atoms with Gasteiger partial charge in [-0.1, -0.05) is 17.7 Å². The maximum Gasteiger partial charge on any atom is 0.196 e. The molecular weight excluding hydrogens is 423 g/mol. The van der Waals surface area contributed by atoms with E-state index in [2.05, 4.69) is 60.9 Å². The number of nitrogens with one attached hydrogen (secondary N) is 2. The highest BCUT2D eigenvalue weighted by Gasteiger charge is 2.16. The molecule has 3 aromatic heterocycles. The topological polar surface area (TPSA) is 75.2 Å². The van der Waals surface area contributed by atoms with Gasteiger partial charge >= 0.3 is 0 Å². The average Bonchev–Trinajstić information content (AvgIpc) is 3.52. The Bertz CT molecular complexity index is 1320. The Balaban J connectivity index is 1.42. The lowest BCUT2D eigenvalue weighted by molar-refractivity contribution is 0.573. The van der Waals surface area contributed by atoms with E-state index in [1.165, 1.54) is 17.7 Å². The van der Waals surface area contributed by atoms with Crippen molar-refractivity contribution >= 4 is 22.7 Å². The van der Waals surface area contributed by atoms with E-state index in [4.69, 9.17) is 0 Å². The fraction of sp³-hybridized carbons (Fsp3) is 0.208. The SMILES string of the molecule is Cc1ccc(Sc2nnc(Cc3c[nH]c4cc(F)ccc34)n2CCCc2cnc[nH]2)cc1. The van der Waals surface area contributed by atoms with Gasteiger partial charge in [-0.2, -0.15) is 0 Å². The van der Waals surface area contributed by atoms with Crippen molar-refractivity contribution in [3.63, 3.8) is 0 Å². The molecule has 8 heteroatoms. The lowest BCUT2D eigenvalue weighted by Crippen LogP contribution is -2.07. The molecule has 32 heavy (non-hydrogen) atoms. The van der Waals surface area contributed by atoms with Crippen LogP contribution in [0.5, 0.6) is 0 Å². The molecule has 162 valence electrons. The van der Waals surface area contributed by atoms with Crippen molar-refractivity contribution in [2.24, 2.45) is 0 Å². The van der Waals surface area contributed by atoms with Gasteiger partial charge < -0.3 is 14.5 Å². The number of imidazole rings is 1. The minimum Gasteiger partial charge on any atom is -0.361 e. The van der Waals surface area contributed by atoms with Crippen LogP contribution in [-0.4, -0.2) is 29.7 Å². The van der Waals surface area contributed by atoms with E-state index in [1.54, 1.807) is 18.1 Å². The van der Waals surface area contributed by atoms with Crippen molar-refractivity contribution < 1.29 is 4.39 Å². The predicted octanol–water partition coefficient (Wildman–Crippen LogP) is 5.30. The summed E-state index contributed by atoms with van der Waals surface area (Å²) >= 11 is 1.62. The number of aryl methyl sites for hydroxylation is 2. The van der Waals surface area contributed by atoms with Gasteiger partial charge in [0.2, 0.25) is 0 Å². The van der Waals surface area contributed by atoms with E-state index in [9.17, 15) is 4.39 Å². The molecular formula is C24H23FN6S. The Morgan fingerprint density at radius 2 is 1.94 bits per heavy atom. The van der Waals surface area contributed by atoms with Crippen molar-refractivity contribution in [2.45, 2.75) is 42.8 Å². The molecule has 0 saturated carbocycles. The summed E-state index contributed by atoms with van der Waals surface area (Å²) in [6.07, 6.45) is 7.96. The summed E-state index contributed by atoms with van der Waals surface area (Å²) in [6, 6.07) is 13.3. The zero-order chi connectivity index (χ0) is 21.9. The van der Waals surface area contributed by atoms with Gasteiger partial charge in [0.15, 0.2) is 5.16 Å². The van der Waals surface area contributed by atoms with Gasteiger partial charge in [0.05, 0.1) is 6.33 Å². The molecule has 5 aromatic rings. The van der Waals surface area contributed by atoms with Crippen LogP contribution in [0.2, 0.25) is 0 Å². The Labute approximate surface area is 189 Å². The van der Waals surface area contributed by atoms with E-state index in [1.807, 2.05) is 18.5 Å². The number of hydrogen-bond acceptors (Lipinski definition) is 4. The molecule has 0 unspecified atom stereocenters. The van der Waals surface area contributed by atoms with Crippen molar-refractivity contribution in [3.05, 3.63) is 89.6 Å². The highest BCUT2D eigenvalue weighted by Crippen LogP contribution is 2.29. The smallest absolute Gasteiger partial charge is 0.196 e. The Kier molecular flexibility index (Phi) is 5.77. The van der Waals surface area contributed by atoms with Gasteiger partial charge in [-0.05, 0) is 67.4 Å². The largest absolute Gasteiger partial charge is 0.361 e. The van der Waals surface area contributed by atoms with E-state index >= 15 is 0 Å². The maximum absolute atomic E-state index is 13.6. The number of fused-ring (bicyclic) bond motifs is 1. The summed E-state index contributed by atoms with van der Waals surface area (Å²) in [5, 5.41) is 10.9. The lowest BCUT2D eigenvalue weighted by Gasteiger charge is -2.10. The molecule has 5 rings (SSSR count). The second-order valence-corrected chi connectivity index (χ2v) is 8.87. The van der Waals surface area contributed by atoms with Crippen molar-refractivity contribution in [1.29, 1.82) is 0 Å². The first-order valence-electron chi connectivity index (χ1n) is 10.5. The number of hydrogen-bond donors (Lipinski definition) is 2. The summed E-state index contributed by atoms with van der Waals surface area (Å²) in [6.45, 7) is 2.88. The second kappa shape index (κ2) is 9.00. The maximum atomic E-state index is 13.6. The standard InChI is InChI=1S/C24H23FN6S/c1-16-4-7-20(8-5-16)32-24-30-29-23(31(24)10-2-3-19-14-26-15-28-19)11-17-13-27-22-12-18(25)6-9-21(17)22/h4-9,12-15,27H,2-3,10-11H2,1H3,(H,26,28). The number of halogens is 1. The molecule has 0 fully saturated rings. The first-order chi connectivity index (χ1) is 15.7. The third-order valence-electron chi connectivity index (χ3n) is 5.48. The molecule has 6 nitrogen and oxygen atoms in total. The molecule has 0 radical (unpaired) electrons. The molecule has 0 saturated heterocycles. The first kappa shape index (κ1) is 20.5. The van der Waals surface area contributed by atoms with Gasteiger partial charge in [-0.15, -0.1) is 10.2 Å². The van der Waals surface area contributed by atoms with Crippen LogP contribution in [0.15, 0.2) is 71.2 Å². The van der Waals surface area contributed by atoms with E-state index < -0.39 is 0 Å². The highest BCUT2D eigenvalue weighted by atomic mass is 32.2. The predicted molar refractivity (Wildman–Crippen MR) is 123 cm³/mol. The van der Waals surface area contributed by atoms with Crippen LogP contribution < -0.4 is 0 Å². The van der Waals surface area contributed by atoms with E-state index in [-0.39, 0.29) is 5.82 Å². The Hall–Kier alpha value is -3.39. The number of aromatic amines is 2. The number of benzene rings is 2. The Morgan fingerprint density at radius 3 is 2.75 bits per heavy atom. The fourth-order valence-electron chi connectivity index (χ4n) is 3.79. The zero-order valence-electron chi connectivity index (χ0n) is 17.7. The number of nitrogens with zero attached hydrogens (tertiary/aromatic N) is 4. The summed E-state index contributed by atoms with van der Waals surface area (Å²) in [5.74, 6) is 0.652. The minimum absolute atomic E-state index is 0.246. The van der Waals surface area contributed by atoms with Crippen LogP contribution in [0.25, 0.3) is 10.9 Å². The highest BCUT2D eigenvalue weighted by molar-refractivity contribution is 7.99. The quantitative estimate of drug-likeness (QED) is 0.339. The molecule has 0 aliphatic heterocycles. The van der Waals surface area contributed by atoms with Crippen molar-refractivity contribution in [3.8, 4) is 0 Å². The average molecular weight is 447 g/mol. The van der Waals surface area contributed by atoms with E-state index in [0.29, 0.717) is 6.42 Å². The van der Waals surface area contributed by atoms with Crippen LogP contribution in [0.3, 0.4) is 0 Å². The van der Waals surface area contributed by atoms with Crippen LogP contribution in [0.1, 0.15) is 29.1 Å². The molecule has 2 N–H and O–H groups in total. The van der Waals surface area contributed by atoms with Gasteiger partial charge in [-0.3, -0.25) is 0 Å². The molecule has 0 atom stereocenters. The summed E-state index contributed by atoms with van der Waals surface area (Å²) in [7, 11) is 0. The number of rotatable bonds is 8. The Morgan fingerprint density at radius 1 is 1.06 bits per heavy atom. The van der Waals surface area contributed by atoms with E-state index in [0.717, 1.165) is 57.4 Å². The van der Waals surface area contributed by atoms with Crippen LogP contribution in [-0.2, 0) is 19.4 Å². The third-order valence-corrected chi connectivity index (χ3v) is 6.48. The van der Waals surface area contributed by atoms with Gasteiger partial charge in [0, 0.05) is 46.9 Å². The monoisotopic (exact) mass is 446 g/mol. The molecule has 0 aliphatic carbocycles. The van der Waals surface area contributed by atoms with Gasteiger partial charge in [0.25, 0.3) is 0 Å². The van der Waals surface area contributed by atoms with Crippen LogP contribution >= 0.6 is 11.8 Å². The number of H-pyrrole nitrogens is 2. The normalized spacial score (nSPS) is 11.4. The molecule has 0 spiro atoms. The van der Waals surface area contributed by atoms with Crippen molar-refractivity contribution in [2.75, 3.05) is 0 Å². The minimum atomic E-state index is -0.246. The molecule has 3 heterocycles. The van der Waals surface area contributed by atoms with Crippen molar-refractivity contribution in [1.82, 2.24) is 29.7 Å². The summed E-state index contributed by atoms with van der Waals surface area (Å²) in [5.41, 5.74) is 4.21. The van der Waals surface area contributed by atoms with Crippen LogP contribution in [0.4, 0.5) is 4.39 Å². The second-order valence-electron chi connectivity index (χ2n) is 7.83.